The molecule has 2 aromatic rings. The molecule has 1 atom stereocenters. The minimum Gasteiger partial charge on any atom is -0.334 e. The number of rotatable bonds is 4. The van der Waals surface area contributed by atoms with Gasteiger partial charge in [-0.25, -0.2) is 4.79 Å². The maximum Gasteiger partial charge on any atom is 0.319 e. The number of urea groups is 1. The number of imide groups is 2. The molecular weight excluding hydrogens is 442 g/mol. The van der Waals surface area contributed by atoms with E-state index in [0.717, 1.165) is 5.56 Å². The molecule has 1 saturated heterocycles. The van der Waals surface area contributed by atoms with Crippen molar-refractivity contribution in [3.05, 3.63) is 64.2 Å². The van der Waals surface area contributed by atoms with E-state index in [2.05, 4.69) is 21.3 Å². The second-order valence-corrected chi connectivity index (χ2v) is 8.24. The summed E-state index contributed by atoms with van der Waals surface area (Å²) in [5, 5.41) is 9.75. The Morgan fingerprint density at radius 1 is 0.941 bits per heavy atom. The molecule has 0 aromatic heterocycles. The van der Waals surface area contributed by atoms with Gasteiger partial charge in [-0.15, -0.1) is 0 Å². The zero-order chi connectivity index (χ0) is 24.0. The number of nitrogens with one attached hydrogen (secondary N) is 4. The third-order valence-electron chi connectivity index (χ3n) is 6.04. The highest BCUT2D eigenvalue weighted by Crippen LogP contribution is 2.28. The topological polar surface area (TPSA) is 154 Å². The molecule has 5 rings (SSSR count). The van der Waals surface area contributed by atoms with Crippen LogP contribution in [0.25, 0.3) is 0 Å². The summed E-state index contributed by atoms with van der Waals surface area (Å²) in [4.78, 5) is 73.6. The SMILES string of the molecule is O=C1CCC(N2Cc3ccc(CNC(=O)Nc4ccc5c(c4)C(=O)NC5=O)cc3C2=O)C(=O)N1. The summed E-state index contributed by atoms with van der Waals surface area (Å²) in [6, 6.07) is 8.44. The summed E-state index contributed by atoms with van der Waals surface area (Å²) < 4.78 is 0. The molecule has 34 heavy (non-hydrogen) atoms. The summed E-state index contributed by atoms with van der Waals surface area (Å²) in [6.07, 6.45) is 0.476. The fourth-order valence-corrected chi connectivity index (χ4v) is 4.32. The van der Waals surface area contributed by atoms with Crippen LogP contribution >= 0.6 is 0 Å². The predicted octanol–water partition coefficient (Wildman–Crippen LogP) is 0.653. The minimum atomic E-state index is -0.686. The number of piperidine rings is 1. The molecule has 3 heterocycles. The number of hydrogen-bond donors (Lipinski definition) is 4. The lowest BCUT2D eigenvalue weighted by atomic mass is 10.0. The van der Waals surface area contributed by atoms with Crippen LogP contribution in [-0.4, -0.2) is 46.5 Å². The van der Waals surface area contributed by atoms with Crippen LogP contribution < -0.4 is 21.3 Å². The van der Waals surface area contributed by atoms with Crippen LogP contribution in [0.5, 0.6) is 0 Å². The van der Waals surface area contributed by atoms with Gasteiger partial charge < -0.3 is 15.5 Å². The smallest absolute Gasteiger partial charge is 0.319 e. The Bertz CT molecular complexity index is 1300. The number of carbonyl (C=O) groups excluding carboxylic acids is 6. The van der Waals surface area contributed by atoms with Crippen LogP contribution in [0, 0.1) is 0 Å². The molecule has 3 aliphatic heterocycles. The van der Waals surface area contributed by atoms with E-state index in [0.29, 0.717) is 16.8 Å². The molecule has 11 nitrogen and oxygen atoms in total. The van der Waals surface area contributed by atoms with Gasteiger partial charge in [0.15, 0.2) is 0 Å². The van der Waals surface area contributed by atoms with Gasteiger partial charge in [0.25, 0.3) is 17.7 Å². The lowest BCUT2D eigenvalue weighted by Crippen LogP contribution is -2.52. The normalized spacial score (nSPS) is 18.9. The summed E-state index contributed by atoms with van der Waals surface area (Å²) in [5.41, 5.74) is 2.72. The fraction of sp³-hybridized carbons (Fsp3) is 0.217. The zero-order valence-electron chi connectivity index (χ0n) is 17.8. The number of hydrogen-bond acceptors (Lipinski definition) is 6. The first-order valence-corrected chi connectivity index (χ1v) is 10.6. The molecule has 0 bridgehead atoms. The van der Waals surface area contributed by atoms with Crippen molar-refractivity contribution in [3.8, 4) is 0 Å². The third-order valence-corrected chi connectivity index (χ3v) is 6.04. The molecule has 4 N–H and O–H groups in total. The Morgan fingerprint density at radius 3 is 2.53 bits per heavy atom. The summed E-state index contributed by atoms with van der Waals surface area (Å²) >= 11 is 0. The first-order chi connectivity index (χ1) is 16.3. The maximum absolute atomic E-state index is 12.9. The van der Waals surface area contributed by atoms with Crippen molar-refractivity contribution >= 4 is 41.3 Å². The molecule has 172 valence electrons. The van der Waals surface area contributed by atoms with Crippen molar-refractivity contribution in [2.45, 2.75) is 32.0 Å². The van der Waals surface area contributed by atoms with Gasteiger partial charge in [-0.05, 0) is 41.8 Å². The van der Waals surface area contributed by atoms with E-state index in [1.54, 1.807) is 18.2 Å². The summed E-state index contributed by atoms with van der Waals surface area (Å²) in [5.74, 6) is -2.09. The third kappa shape index (κ3) is 3.76. The standard InChI is InChI=1S/C23H19N5O6/c29-18-6-5-17(21(32)26-18)28-10-12-2-1-11(7-15(12)22(28)33)9-24-23(34)25-13-3-4-14-16(8-13)20(31)27-19(14)30/h1-4,7-8,17H,5-6,9-10H2,(H2,24,25,34)(H,26,29,32)(H,27,30,31). The molecular formula is C23H19N5O6. The monoisotopic (exact) mass is 461 g/mol. The quantitative estimate of drug-likeness (QED) is 0.491. The van der Waals surface area contributed by atoms with E-state index in [1.165, 1.54) is 23.1 Å². The van der Waals surface area contributed by atoms with Gasteiger partial charge in [0, 0.05) is 30.8 Å². The van der Waals surface area contributed by atoms with E-state index in [9.17, 15) is 28.8 Å². The first kappa shape index (κ1) is 21.3. The van der Waals surface area contributed by atoms with Crippen LogP contribution in [0.1, 0.15) is 55.0 Å². The summed E-state index contributed by atoms with van der Waals surface area (Å²) in [7, 11) is 0. The highest BCUT2D eigenvalue weighted by Gasteiger charge is 2.39. The average molecular weight is 461 g/mol. The van der Waals surface area contributed by atoms with Crippen molar-refractivity contribution < 1.29 is 28.8 Å². The van der Waals surface area contributed by atoms with E-state index in [-0.39, 0.29) is 48.9 Å². The van der Waals surface area contributed by atoms with Crippen LogP contribution in [0.4, 0.5) is 10.5 Å². The van der Waals surface area contributed by atoms with Crippen molar-refractivity contribution in [2.24, 2.45) is 0 Å². The van der Waals surface area contributed by atoms with Crippen LogP contribution in [0.15, 0.2) is 36.4 Å². The van der Waals surface area contributed by atoms with Crippen LogP contribution in [0.2, 0.25) is 0 Å². The molecule has 3 aliphatic rings. The molecule has 1 unspecified atom stereocenters. The lowest BCUT2D eigenvalue weighted by molar-refractivity contribution is -0.136. The highest BCUT2D eigenvalue weighted by atomic mass is 16.2. The second-order valence-electron chi connectivity index (χ2n) is 8.24. The first-order valence-electron chi connectivity index (χ1n) is 10.6. The Kier molecular flexibility index (Phi) is 5.08. The number of nitrogens with zero attached hydrogens (tertiary/aromatic N) is 1. The van der Waals surface area contributed by atoms with Crippen molar-refractivity contribution in [1.29, 1.82) is 0 Å². The van der Waals surface area contributed by atoms with Gasteiger partial charge in [0.05, 0.1) is 11.1 Å². The maximum atomic E-state index is 12.9. The summed E-state index contributed by atoms with van der Waals surface area (Å²) in [6.45, 7) is 0.414. The Balaban J connectivity index is 1.21. The Labute approximate surface area is 192 Å². The number of carbonyl (C=O) groups is 6. The largest absolute Gasteiger partial charge is 0.334 e. The molecule has 2 aromatic carbocycles. The van der Waals surface area contributed by atoms with Crippen LogP contribution in [-0.2, 0) is 22.7 Å². The lowest BCUT2D eigenvalue weighted by Gasteiger charge is -2.29. The predicted molar refractivity (Wildman–Crippen MR) is 117 cm³/mol. The molecule has 11 heteroatoms. The molecule has 7 amide bonds. The number of anilines is 1. The molecule has 0 radical (unpaired) electrons. The number of benzene rings is 2. The average Bonchev–Trinajstić information content (AvgIpc) is 3.27. The van der Waals surface area contributed by atoms with E-state index in [4.69, 9.17) is 0 Å². The highest BCUT2D eigenvalue weighted by molar-refractivity contribution is 6.22. The van der Waals surface area contributed by atoms with Crippen molar-refractivity contribution in [2.75, 3.05) is 5.32 Å². The Morgan fingerprint density at radius 2 is 1.74 bits per heavy atom. The van der Waals surface area contributed by atoms with Crippen molar-refractivity contribution in [1.82, 2.24) is 20.9 Å². The van der Waals surface area contributed by atoms with Gasteiger partial charge in [0.2, 0.25) is 11.8 Å². The second kappa shape index (κ2) is 8.10. The van der Waals surface area contributed by atoms with Crippen LogP contribution in [0.3, 0.4) is 0 Å². The van der Waals surface area contributed by atoms with Gasteiger partial charge in [-0.1, -0.05) is 12.1 Å². The number of amides is 7. The van der Waals surface area contributed by atoms with E-state index in [1.807, 2.05) is 0 Å². The minimum absolute atomic E-state index is 0.134. The van der Waals surface area contributed by atoms with Gasteiger partial charge in [-0.3, -0.25) is 34.6 Å². The fourth-order valence-electron chi connectivity index (χ4n) is 4.32. The number of fused-ring (bicyclic) bond motifs is 2. The van der Waals surface area contributed by atoms with Gasteiger partial charge >= 0.3 is 6.03 Å². The Hall–Kier alpha value is -4.54. The van der Waals surface area contributed by atoms with E-state index < -0.39 is 29.8 Å². The van der Waals surface area contributed by atoms with Crippen molar-refractivity contribution in [3.63, 3.8) is 0 Å². The molecule has 1 fully saturated rings. The molecule has 0 aliphatic carbocycles. The molecule has 0 saturated carbocycles. The molecule has 0 spiro atoms. The van der Waals surface area contributed by atoms with E-state index >= 15 is 0 Å². The van der Waals surface area contributed by atoms with Gasteiger partial charge in [0.1, 0.15) is 6.04 Å². The zero-order valence-corrected chi connectivity index (χ0v) is 17.8. The van der Waals surface area contributed by atoms with Gasteiger partial charge in [-0.2, -0.15) is 0 Å².